The van der Waals surface area contributed by atoms with Gasteiger partial charge >= 0.3 is 6.09 Å². The molecule has 1 aliphatic rings. The molecular formula is C17H27Cl2N3O2. The van der Waals surface area contributed by atoms with Crippen LogP contribution in [0.5, 0.6) is 0 Å². The minimum atomic E-state index is -0.249. The van der Waals surface area contributed by atoms with E-state index in [4.69, 9.17) is 10.5 Å². The van der Waals surface area contributed by atoms with E-state index in [9.17, 15) is 4.79 Å². The Bertz CT molecular complexity index is 501. The van der Waals surface area contributed by atoms with Crippen LogP contribution in [0.4, 0.5) is 4.79 Å². The highest BCUT2D eigenvalue weighted by atomic mass is 35.5. The lowest BCUT2D eigenvalue weighted by Crippen LogP contribution is -2.48. The molecule has 136 valence electrons. The summed E-state index contributed by atoms with van der Waals surface area (Å²) in [7, 11) is 0. The maximum atomic E-state index is 11.7. The molecule has 1 atom stereocenters. The van der Waals surface area contributed by atoms with Gasteiger partial charge in [-0.2, -0.15) is 0 Å². The van der Waals surface area contributed by atoms with Crippen LogP contribution < -0.4 is 5.73 Å². The Morgan fingerprint density at radius 2 is 1.83 bits per heavy atom. The predicted octanol–water partition coefficient (Wildman–Crippen LogP) is 2.99. The summed E-state index contributed by atoms with van der Waals surface area (Å²) >= 11 is 0. The number of carbonyl (C=O) groups is 1. The van der Waals surface area contributed by atoms with Crippen molar-refractivity contribution in [1.29, 1.82) is 0 Å². The summed E-state index contributed by atoms with van der Waals surface area (Å²) in [5, 5.41) is 0. The molecule has 1 fully saturated rings. The van der Waals surface area contributed by atoms with Gasteiger partial charge in [0, 0.05) is 38.8 Å². The van der Waals surface area contributed by atoms with Crippen molar-refractivity contribution in [3.05, 3.63) is 48.0 Å². The number of piperazine rings is 1. The van der Waals surface area contributed by atoms with Crippen molar-refractivity contribution in [2.75, 3.05) is 32.8 Å². The number of carbonyl (C=O) groups excluding carboxylic acids is 1. The average Bonchev–Trinajstić information content (AvgIpc) is 2.54. The summed E-state index contributed by atoms with van der Waals surface area (Å²) in [6.07, 6.45) is 1.33. The van der Waals surface area contributed by atoms with Crippen molar-refractivity contribution >= 4 is 30.9 Å². The Kier molecular flexibility index (Phi) is 10.7. The minimum absolute atomic E-state index is 0. The zero-order valence-corrected chi connectivity index (χ0v) is 15.7. The smallest absolute Gasteiger partial charge is 0.410 e. The van der Waals surface area contributed by atoms with E-state index in [1.165, 1.54) is 5.56 Å². The molecule has 1 saturated heterocycles. The first-order chi connectivity index (χ1) is 10.6. The normalized spacial score (nSPS) is 15.7. The van der Waals surface area contributed by atoms with Crippen molar-refractivity contribution in [1.82, 2.24) is 9.80 Å². The van der Waals surface area contributed by atoms with Crippen molar-refractivity contribution in [2.24, 2.45) is 5.73 Å². The highest BCUT2D eigenvalue weighted by molar-refractivity contribution is 5.85. The van der Waals surface area contributed by atoms with Gasteiger partial charge in [-0.1, -0.05) is 36.9 Å². The van der Waals surface area contributed by atoms with Crippen LogP contribution in [-0.2, 0) is 11.3 Å². The van der Waals surface area contributed by atoms with Gasteiger partial charge in [-0.3, -0.25) is 4.90 Å². The van der Waals surface area contributed by atoms with Gasteiger partial charge in [0.1, 0.15) is 6.61 Å². The van der Waals surface area contributed by atoms with E-state index < -0.39 is 0 Å². The van der Waals surface area contributed by atoms with E-state index in [0.29, 0.717) is 13.1 Å². The fraction of sp³-hybridized carbons (Fsp3) is 0.471. The Morgan fingerprint density at radius 3 is 2.33 bits per heavy atom. The van der Waals surface area contributed by atoms with Crippen LogP contribution in [0, 0.1) is 0 Å². The molecule has 0 saturated carbocycles. The van der Waals surface area contributed by atoms with Crippen LogP contribution in [0.1, 0.15) is 24.1 Å². The molecule has 7 heteroatoms. The van der Waals surface area contributed by atoms with Gasteiger partial charge in [-0.15, -0.1) is 24.8 Å². The predicted molar refractivity (Wildman–Crippen MR) is 102 cm³/mol. The van der Waals surface area contributed by atoms with E-state index in [0.717, 1.165) is 25.2 Å². The van der Waals surface area contributed by atoms with E-state index in [2.05, 4.69) is 35.7 Å². The molecular weight excluding hydrogens is 349 g/mol. The molecule has 1 amide bonds. The second-order valence-corrected chi connectivity index (χ2v) is 5.66. The highest BCUT2D eigenvalue weighted by Gasteiger charge is 2.21. The SMILES string of the molecule is C=CCOC(=O)N1CCN(Cc2ccc([C@H](C)N)cc2)CC1.Cl.Cl. The quantitative estimate of drug-likeness (QED) is 0.803. The first-order valence-electron chi connectivity index (χ1n) is 7.69. The summed E-state index contributed by atoms with van der Waals surface area (Å²) in [4.78, 5) is 15.8. The number of hydrogen-bond donors (Lipinski definition) is 1. The Hall–Kier alpha value is -1.27. The van der Waals surface area contributed by atoms with Crippen LogP contribution in [0.3, 0.4) is 0 Å². The molecule has 0 aliphatic carbocycles. The van der Waals surface area contributed by atoms with Crippen molar-refractivity contribution in [3.8, 4) is 0 Å². The maximum absolute atomic E-state index is 11.7. The molecule has 0 radical (unpaired) electrons. The van der Waals surface area contributed by atoms with Crippen LogP contribution in [-0.4, -0.2) is 48.7 Å². The topological polar surface area (TPSA) is 58.8 Å². The number of benzene rings is 1. The van der Waals surface area contributed by atoms with E-state index in [-0.39, 0.29) is 43.6 Å². The number of nitrogens with two attached hydrogens (primary N) is 1. The largest absolute Gasteiger partial charge is 0.445 e. The monoisotopic (exact) mass is 375 g/mol. The second kappa shape index (κ2) is 11.3. The summed E-state index contributed by atoms with van der Waals surface area (Å²) in [6.45, 7) is 9.82. The molecule has 0 aromatic heterocycles. The van der Waals surface area contributed by atoms with Crippen LogP contribution in [0.15, 0.2) is 36.9 Å². The van der Waals surface area contributed by atoms with Gasteiger partial charge < -0.3 is 15.4 Å². The Labute approximate surface area is 156 Å². The van der Waals surface area contributed by atoms with Gasteiger partial charge in [0.05, 0.1) is 0 Å². The van der Waals surface area contributed by atoms with Crippen molar-refractivity contribution in [2.45, 2.75) is 19.5 Å². The first-order valence-corrected chi connectivity index (χ1v) is 7.69. The van der Waals surface area contributed by atoms with Gasteiger partial charge in [0.2, 0.25) is 0 Å². The zero-order valence-electron chi connectivity index (χ0n) is 14.0. The lowest BCUT2D eigenvalue weighted by atomic mass is 10.1. The lowest BCUT2D eigenvalue weighted by molar-refractivity contribution is 0.0813. The highest BCUT2D eigenvalue weighted by Crippen LogP contribution is 2.13. The lowest BCUT2D eigenvalue weighted by Gasteiger charge is -2.34. The standard InChI is InChI=1S/C17H25N3O2.2ClH/c1-3-12-22-17(21)20-10-8-19(9-11-20)13-15-4-6-16(7-5-15)14(2)18;;/h3-7,14H,1,8-13,18H2,2H3;2*1H/t14-;;/m0../s1. The molecule has 2 rings (SSSR count). The molecule has 24 heavy (non-hydrogen) atoms. The number of rotatable bonds is 5. The van der Waals surface area contributed by atoms with Crippen molar-refractivity contribution in [3.63, 3.8) is 0 Å². The molecule has 1 aliphatic heterocycles. The van der Waals surface area contributed by atoms with Gasteiger partial charge in [0.25, 0.3) is 0 Å². The van der Waals surface area contributed by atoms with E-state index in [1.54, 1.807) is 11.0 Å². The number of halogens is 2. The number of amides is 1. The molecule has 1 aromatic carbocycles. The third kappa shape index (κ3) is 6.69. The number of nitrogens with zero attached hydrogens (tertiary/aromatic N) is 2. The van der Waals surface area contributed by atoms with Gasteiger partial charge in [-0.25, -0.2) is 4.79 Å². The Morgan fingerprint density at radius 1 is 1.25 bits per heavy atom. The molecule has 0 bridgehead atoms. The molecule has 0 unspecified atom stereocenters. The second-order valence-electron chi connectivity index (χ2n) is 5.66. The fourth-order valence-corrected chi connectivity index (χ4v) is 2.49. The number of ether oxygens (including phenoxy) is 1. The Balaban J connectivity index is 0.00000264. The average molecular weight is 376 g/mol. The first kappa shape index (κ1) is 22.7. The third-order valence-electron chi connectivity index (χ3n) is 3.87. The maximum Gasteiger partial charge on any atom is 0.410 e. The minimum Gasteiger partial charge on any atom is -0.445 e. The van der Waals surface area contributed by atoms with Gasteiger partial charge in [0.15, 0.2) is 0 Å². The summed E-state index contributed by atoms with van der Waals surface area (Å²) in [5.74, 6) is 0. The van der Waals surface area contributed by atoms with Crippen LogP contribution >= 0.6 is 24.8 Å². The zero-order chi connectivity index (χ0) is 15.9. The van der Waals surface area contributed by atoms with Crippen molar-refractivity contribution < 1.29 is 9.53 Å². The van der Waals surface area contributed by atoms with E-state index in [1.807, 2.05) is 6.92 Å². The van der Waals surface area contributed by atoms with Crippen LogP contribution in [0.25, 0.3) is 0 Å². The van der Waals surface area contributed by atoms with Gasteiger partial charge in [-0.05, 0) is 18.1 Å². The number of hydrogen-bond acceptors (Lipinski definition) is 4. The molecule has 1 heterocycles. The molecule has 2 N–H and O–H groups in total. The fourth-order valence-electron chi connectivity index (χ4n) is 2.49. The summed E-state index contributed by atoms with van der Waals surface area (Å²) < 4.78 is 5.06. The van der Waals surface area contributed by atoms with E-state index >= 15 is 0 Å². The summed E-state index contributed by atoms with van der Waals surface area (Å²) in [6, 6.07) is 8.50. The molecule has 5 nitrogen and oxygen atoms in total. The third-order valence-corrected chi connectivity index (χ3v) is 3.87. The van der Waals surface area contributed by atoms with Crippen LogP contribution in [0.2, 0.25) is 0 Å². The molecule has 0 spiro atoms. The summed E-state index contributed by atoms with van der Waals surface area (Å²) in [5.41, 5.74) is 8.28. The molecule has 1 aromatic rings.